The molecule has 0 bridgehead atoms. The van der Waals surface area contributed by atoms with Crippen LogP contribution in [0.3, 0.4) is 0 Å². The van der Waals surface area contributed by atoms with E-state index >= 15 is 0 Å². The molecule has 0 radical (unpaired) electrons. The van der Waals surface area contributed by atoms with Gasteiger partial charge in [0.05, 0.1) is 5.56 Å². The number of carbonyl (C=O) groups excluding carboxylic acids is 1. The molecule has 0 atom stereocenters. The van der Waals surface area contributed by atoms with Crippen molar-refractivity contribution in [3.8, 4) is 0 Å². The Hall–Kier alpha value is -0.0700. The minimum atomic E-state index is -2.85. The molecular formula is C7H2Br2ClF2NO. The number of aromatic nitrogens is 1. The van der Waals surface area contributed by atoms with Crippen LogP contribution in [0, 0.1) is 0 Å². The predicted octanol–water partition coefficient (Wildman–Crippen LogP) is 3.92. The van der Waals surface area contributed by atoms with Crippen molar-refractivity contribution < 1.29 is 13.6 Å². The van der Waals surface area contributed by atoms with Gasteiger partial charge in [-0.3, -0.25) is 4.79 Å². The summed E-state index contributed by atoms with van der Waals surface area (Å²) in [5.74, 6) is 0. The summed E-state index contributed by atoms with van der Waals surface area (Å²) < 4.78 is 25.3. The first-order valence-electron chi connectivity index (χ1n) is 3.27. The maximum absolute atomic E-state index is 12.4. The highest BCUT2D eigenvalue weighted by atomic mass is 79.9. The van der Waals surface area contributed by atoms with Crippen LogP contribution in [0.4, 0.5) is 8.78 Å². The number of nitrogens with zero attached hydrogens (tertiary/aromatic N) is 1. The van der Waals surface area contributed by atoms with Crippen molar-refractivity contribution in [1.29, 1.82) is 0 Å². The van der Waals surface area contributed by atoms with E-state index in [9.17, 15) is 13.6 Å². The highest BCUT2D eigenvalue weighted by molar-refractivity contribution is 9.11. The van der Waals surface area contributed by atoms with Crippen LogP contribution in [0.2, 0.25) is 0 Å². The van der Waals surface area contributed by atoms with Crippen LogP contribution in [0.25, 0.3) is 0 Å². The van der Waals surface area contributed by atoms with Gasteiger partial charge in [-0.2, -0.15) is 0 Å². The largest absolute Gasteiger partial charge is 0.281 e. The molecular weight excluding hydrogens is 347 g/mol. The third-order valence-electron chi connectivity index (χ3n) is 1.37. The maximum Gasteiger partial charge on any atom is 0.281 e. The van der Waals surface area contributed by atoms with E-state index in [-0.39, 0.29) is 14.6 Å². The Morgan fingerprint density at radius 2 is 2.07 bits per heavy atom. The molecule has 1 aromatic rings. The lowest BCUT2D eigenvalue weighted by Gasteiger charge is -2.06. The fourth-order valence-electron chi connectivity index (χ4n) is 0.855. The molecule has 14 heavy (non-hydrogen) atoms. The lowest BCUT2D eigenvalue weighted by molar-refractivity contribution is 0.106. The third kappa shape index (κ3) is 2.49. The van der Waals surface area contributed by atoms with Crippen LogP contribution >= 0.6 is 43.5 Å². The van der Waals surface area contributed by atoms with Crippen LogP contribution in [0.1, 0.15) is 22.5 Å². The van der Waals surface area contributed by atoms with Crippen LogP contribution in [0.15, 0.2) is 15.1 Å². The van der Waals surface area contributed by atoms with Crippen molar-refractivity contribution in [2.45, 2.75) is 6.43 Å². The normalized spacial score (nSPS) is 10.7. The molecule has 0 aliphatic rings. The maximum atomic E-state index is 12.4. The number of halogens is 5. The van der Waals surface area contributed by atoms with Crippen molar-refractivity contribution >= 4 is 48.7 Å². The summed E-state index contributed by atoms with van der Waals surface area (Å²) >= 11 is 11.0. The smallest absolute Gasteiger partial charge is 0.275 e. The number of alkyl halides is 2. The molecule has 0 amide bonds. The molecule has 2 nitrogen and oxygen atoms in total. The molecule has 1 heterocycles. The molecule has 0 N–H and O–H groups in total. The first kappa shape index (κ1) is 12.0. The number of hydrogen-bond donors (Lipinski definition) is 0. The average Bonchev–Trinajstić information content (AvgIpc) is 2.01. The molecule has 76 valence electrons. The Labute approximate surface area is 99.9 Å². The monoisotopic (exact) mass is 347 g/mol. The quantitative estimate of drug-likeness (QED) is 0.598. The van der Waals surface area contributed by atoms with E-state index in [2.05, 4.69) is 36.8 Å². The van der Waals surface area contributed by atoms with Crippen LogP contribution in [-0.4, -0.2) is 10.2 Å². The molecule has 0 aliphatic heterocycles. The molecule has 0 unspecified atom stereocenters. The van der Waals surface area contributed by atoms with Gasteiger partial charge >= 0.3 is 0 Å². The zero-order valence-electron chi connectivity index (χ0n) is 6.40. The Kier molecular flexibility index (Phi) is 3.97. The third-order valence-corrected chi connectivity index (χ3v) is 2.59. The number of hydrogen-bond acceptors (Lipinski definition) is 2. The van der Waals surface area contributed by atoms with Crippen molar-refractivity contribution in [2.24, 2.45) is 0 Å². The molecule has 0 fully saturated rings. The molecule has 1 aromatic heterocycles. The van der Waals surface area contributed by atoms with Crippen molar-refractivity contribution in [2.75, 3.05) is 0 Å². The molecule has 0 aliphatic carbocycles. The Morgan fingerprint density at radius 1 is 1.50 bits per heavy atom. The Morgan fingerprint density at radius 3 is 2.50 bits per heavy atom. The van der Waals surface area contributed by atoms with Gasteiger partial charge in [0.1, 0.15) is 10.3 Å². The summed E-state index contributed by atoms with van der Waals surface area (Å²) in [7, 11) is 0. The summed E-state index contributed by atoms with van der Waals surface area (Å²) in [6.45, 7) is 0. The van der Waals surface area contributed by atoms with E-state index in [4.69, 9.17) is 11.6 Å². The second-order valence-electron chi connectivity index (χ2n) is 2.26. The molecule has 7 heteroatoms. The van der Waals surface area contributed by atoms with Crippen LogP contribution in [-0.2, 0) is 0 Å². The predicted molar refractivity (Wildman–Crippen MR) is 54.8 cm³/mol. The highest BCUT2D eigenvalue weighted by Crippen LogP contribution is 2.30. The summed E-state index contributed by atoms with van der Waals surface area (Å²) in [6.07, 6.45) is -2.85. The van der Waals surface area contributed by atoms with Crippen LogP contribution < -0.4 is 0 Å². The van der Waals surface area contributed by atoms with Crippen molar-refractivity contribution in [3.05, 3.63) is 26.4 Å². The fraction of sp³-hybridized carbons (Fsp3) is 0.143. The zero-order valence-corrected chi connectivity index (χ0v) is 10.3. The van der Waals surface area contributed by atoms with E-state index < -0.39 is 17.4 Å². The van der Waals surface area contributed by atoms with E-state index in [0.29, 0.717) is 0 Å². The lowest BCUT2D eigenvalue weighted by atomic mass is 10.2. The summed E-state index contributed by atoms with van der Waals surface area (Å²) in [5, 5.41) is -0.966. The fourth-order valence-corrected chi connectivity index (χ4v) is 2.49. The van der Waals surface area contributed by atoms with E-state index in [1.165, 1.54) is 6.07 Å². The van der Waals surface area contributed by atoms with Gasteiger partial charge in [0.15, 0.2) is 0 Å². The van der Waals surface area contributed by atoms with E-state index in [1.807, 2.05) is 0 Å². The van der Waals surface area contributed by atoms with Gasteiger partial charge in [-0.15, -0.1) is 0 Å². The van der Waals surface area contributed by atoms with Gasteiger partial charge in [-0.05, 0) is 49.5 Å². The van der Waals surface area contributed by atoms with Gasteiger partial charge in [0, 0.05) is 4.47 Å². The number of rotatable bonds is 2. The summed E-state index contributed by atoms with van der Waals surface area (Å²) in [6, 6.07) is 1.38. The molecule has 0 aromatic carbocycles. The lowest BCUT2D eigenvalue weighted by Crippen LogP contribution is -2.03. The SMILES string of the molecule is O=C(Cl)c1c(Br)cc(Br)nc1C(F)F. The second kappa shape index (κ2) is 4.63. The van der Waals surface area contributed by atoms with Crippen molar-refractivity contribution in [3.63, 3.8) is 0 Å². The summed E-state index contributed by atoms with van der Waals surface area (Å²) in [4.78, 5) is 14.3. The van der Waals surface area contributed by atoms with Gasteiger partial charge in [-0.1, -0.05) is 0 Å². The first-order valence-corrected chi connectivity index (χ1v) is 5.23. The Bertz CT molecular complexity index is 386. The highest BCUT2D eigenvalue weighted by Gasteiger charge is 2.22. The minimum absolute atomic E-state index is 0.190. The number of carbonyl (C=O) groups is 1. The number of pyridine rings is 1. The first-order chi connectivity index (χ1) is 6.43. The standard InChI is InChI=1S/C7H2Br2ClF2NO/c8-2-1-3(9)13-5(7(11)12)4(2)6(10)14/h1,7H. The molecule has 0 saturated heterocycles. The van der Waals surface area contributed by atoms with Crippen LogP contribution in [0.5, 0.6) is 0 Å². The van der Waals surface area contributed by atoms with Crippen molar-refractivity contribution in [1.82, 2.24) is 4.98 Å². The topological polar surface area (TPSA) is 30.0 Å². The Balaban J connectivity index is 3.44. The van der Waals surface area contributed by atoms with Gasteiger partial charge in [-0.25, -0.2) is 13.8 Å². The second-order valence-corrected chi connectivity index (χ2v) is 4.27. The molecule has 1 rings (SSSR count). The molecule has 0 saturated carbocycles. The average molecular weight is 349 g/mol. The molecule has 0 spiro atoms. The van der Waals surface area contributed by atoms with Gasteiger partial charge < -0.3 is 0 Å². The summed E-state index contributed by atoms with van der Waals surface area (Å²) in [5.41, 5.74) is -0.934. The van der Waals surface area contributed by atoms with Gasteiger partial charge in [0.25, 0.3) is 11.7 Å². The van der Waals surface area contributed by atoms with E-state index in [1.54, 1.807) is 0 Å². The minimum Gasteiger partial charge on any atom is -0.275 e. The van der Waals surface area contributed by atoms with Gasteiger partial charge in [0.2, 0.25) is 0 Å². The van der Waals surface area contributed by atoms with E-state index in [0.717, 1.165) is 0 Å². The zero-order chi connectivity index (χ0) is 10.9.